The first-order valence-corrected chi connectivity index (χ1v) is 9.00. The van der Waals surface area contributed by atoms with Gasteiger partial charge in [-0.15, -0.1) is 0 Å². The number of hydrogen-bond acceptors (Lipinski definition) is 5. The summed E-state index contributed by atoms with van der Waals surface area (Å²) in [5, 5.41) is 4.02. The van der Waals surface area contributed by atoms with E-state index in [1.54, 1.807) is 31.0 Å². The Morgan fingerprint density at radius 2 is 2.08 bits per heavy atom. The summed E-state index contributed by atoms with van der Waals surface area (Å²) in [5.74, 6) is 0.589. The number of benzene rings is 1. The summed E-state index contributed by atoms with van der Waals surface area (Å²) < 4.78 is 29.0. The van der Waals surface area contributed by atoms with Crippen LogP contribution in [0.5, 0.6) is 0 Å². The molecule has 2 aromatic rings. The quantitative estimate of drug-likeness (QED) is 0.899. The Labute approximate surface area is 140 Å². The molecule has 0 radical (unpaired) electrons. The molecule has 1 aliphatic rings. The zero-order valence-corrected chi connectivity index (χ0v) is 14.8. The molecule has 1 aliphatic heterocycles. The number of aromatic nitrogens is 3. The van der Waals surface area contributed by atoms with Crippen molar-refractivity contribution in [2.45, 2.75) is 38.1 Å². The fourth-order valence-electron chi connectivity index (χ4n) is 3.03. The first kappa shape index (κ1) is 16.4. The van der Waals surface area contributed by atoms with Gasteiger partial charge >= 0.3 is 0 Å². The van der Waals surface area contributed by atoms with Gasteiger partial charge in [-0.1, -0.05) is 0 Å². The lowest BCUT2D eigenvalue weighted by molar-refractivity contribution is -0.116. The molecule has 1 amide bonds. The molecule has 1 aromatic heterocycles. The number of carbonyl (C=O) groups excluding carboxylic acids is 1. The molecule has 9 heteroatoms. The van der Waals surface area contributed by atoms with E-state index in [9.17, 15) is 13.2 Å². The van der Waals surface area contributed by atoms with Crippen LogP contribution >= 0.6 is 0 Å². The smallest absolute Gasteiger partial charge is 0.264 e. The van der Waals surface area contributed by atoms with Crippen molar-refractivity contribution >= 4 is 27.6 Å². The molecule has 0 aliphatic carbocycles. The number of carbonyl (C=O) groups is 1. The van der Waals surface area contributed by atoms with Gasteiger partial charge in [-0.05, 0) is 44.0 Å². The molecule has 1 atom stereocenters. The third-order valence-corrected chi connectivity index (χ3v) is 5.34. The van der Waals surface area contributed by atoms with E-state index >= 15 is 0 Å². The summed E-state index contributed by atoms with van der Waals surface area (Å²) in [6.07, 6.45) is 0.626. The van der Waals surface area contributed by atoms with Crippen molar-refractivity contribution in [3.05, 3.63) is 29.6 Å². The second-order valence-corrected chi connectivity index (χ2v) is 7.63. The van der Waals surface area contributed by atoms with Crippen molar-refractivity contribution in [2.24, 2.45) is 7.05 Å². The minimum Gasteiger partial charge on any atom is -0.309 e. The van der Waals surface area contributed by atoms with E-state index in [1.165, 1.54) is 17.7 Å². The van der Waals surface area contributed by atoms with Crippen LogP contribution in [0.4, 0.5) is 11.6 Å². The Bertz CT molecular complexity index is 919. The number of amides is 1. The summed E-state index contributed by atoms with van der Waals surface area (Å²) in [6.45, 7) is 5.13. The Balaban J connectivity index is 1.95. The van der Waals surface area contributed by atoms with Gasteiger partial charge in [-0.2, -0.15) is 10.1 Å². The maximum Gasteiger partial charge on any atom is 0.264 e. The Morgan fingerprint density at radius 3 is 2.67 bits per heavy atom. The van der Waals surface area contributed by atoms with Gasteiger partial charge in [0.2, 0.25) is 11.9 Å². The predicted molar refractivity (Wildman–Crippen MR) is 89.3 cm³/mol. The van der Waals surface area contributed by atoms with Crippen LogP contribution in [-0.4, -0.2) is 35.1 Å². The first-order valence-electron chi connectivity index (χ1n) is 7.52. The number of aryl methyl sites for hydroxylation is 2. The van der Waals surface area contributed by atoms with Gasteiger partial charge in [0, 0.05) is 25.7 Å². The minimum atomic E-state index is -3.78. The lowest BCUT2D eigenvalue weighted by atomic mass is 10.1. The highest BCUT2D eigenvalue weighted by Crippen LogP contribution is 2.34. The molecule has 2 heterocycles. The fraction of sp³-hybridized carbons (Fsp3) is 0.400. The Morgan fingerprint density at radius 1 is 1.38 bits per heavy atom. The van der Waals surface area contributed by atoms with Crippen LogP contribution in [-0.2, 0) is 28.3 Å². The third-order valence-electron chi connectivity index (χ3n) is 4.01. The molecule has 8 nitrogen and oxygen atoms in total. The molecule has 0 spiro atoms. The van der Waals surface area contributed by atoms with E-state index < -0.39 is 10.0 Å². The van der Waals surface area contributed by atoms with Crippen LogP contribution < -0.4 is 9.62 Å². The maximum atomic E-state index is 12.6. The van der Waals surface area contributed by atoms with E-state index in [0.717, 1.165) is 11.3 Å². The normalized spacial score (nSPS) is 17.0. The number of nitrogens with zero attached hydrogens (tertiary/aromatic N) is 4. The number of hydrogen-bond donors (Lipinski definition) is 1. The largest absolute Gasteiger partial charge is 0.309 e. The minimum absolute atomic E-state index is 0.0183. The average molecular weight is 349 g/mol. The molecule has 3 rings (SSSR count). The third kappa shape index (κ3) is 2.75. The van der Waals surface area contributed by atoms with Crippen molar-refractivity contribution in [1.82, 2.24) is 14.8 Å². The molecule has 24 heavy (non-hydrogen) atoms. The van der Waals surface area contributed by atoms with Crippen molar-refractivity contribution in [2.75, 3.05) is 9.62 Å². The molecular formula is C15H19N5O3S. The Kier molecular flexibility index (Phi) is 3.83. The van der Waals surface area contributed by atoms with Crippen LogP contribution in [0.1, 0.15) is 25.2 Å². The number of nitrogens with one attached hydrogen (secondary N) is 1. The molecule has 0 fully saturated rings. The van der Waals surface area contributed by atoms with Gasteiger partial charge in [0.15, 0.2) is 0 Å². The van der Waals surface area contributed by atoms with Crippen molar-refractivity contribution in [1.29, 1.82) is 0 Å². The summed E-state index contributed by atoms with van der Waals surface area (Å²) in [4.78, 5) is 17.6. The van der Waals surface area contributed by atoms with Gasteiger partial charge in [-0.3, -0.25) is 4.79 Å². The molecule has 1 unspecified atom stereocenters. The zero-order chi connectivity index (χ0) is 17.6. The van der Waals surface area contributed by atoms with Crippen molar-refractivity contribution < 1.29 is 13.2 Å². The monoisotopic (exact) mass is 349 g/mol. The van der Waals surface area contributed by atoms with E-state index in [0.29, 0.717) is 12.2 Å². The predicted octanol–water partition coefficient (Wildman–Crippen LogP) is 1.22. The van der Waals surface area contributed by atoms with Gasteiger partial charge in [-0.25, -0.2) is 17.8 Å². The highest BCUT2D eigenvalue weighted by atomic mass is 32.2. The summed E-state index contributed by atoms with van der Waals surface area (Å²) in [5.41, 5.74) is 1.61. The topological polar surface area (TPSA) is 97.2 Å². The zero-order valence-electron chi connectivity index (χ0n) is 13.9. The standard InChI is InChI=1S/C15H19N5O3S/c1-9-7-12-8-13(5-6-14(12)20(9)11(3)21)24(22,23)18-15-16-10(2)17-19(15)4/h5-6,8-9H,7H2,1-4H3,(H,16,17,18). The van der Waals surface area contributed by atoms with Crippen molar-refractivity contribution in [3.8, 4) is 0 Å². The molecule has 1 aromatic carbocycles. The lowest BCUT2D eigenvalue weighted by Crippen LogP contribution is -2.33. The number of fused-ring (bicyclic) bond motifs is 1. The van der Waals surface area contributed by atoms with E-state index in [2.05, 4.69) is 14.8 Å². The van der Waals surface area contributed by atoms with Gasteiger partial charge in [0.1, 0.15) is 5.82 Å². The summed E-state index contributed by atoms with van der Waals surface area (Å²) in [7, 11) is -2.16. The summed E-state index contributed by atoms with van der Waals surface area (Å²) >= 11 is 0. The second kappa shape index (κ2) is 5.59. The number of anilines is 2. The molecule has 0 saturated carbocycles. The average Bonchev–Trinajstić information content (AvgIpc) is 2.95. The first-order chi connectivity index (χ1) is 11.2. The fourth-order valence-corrected chi connectivity index (χ4v) is 4.12. The summed E-state index contributed by atoms with van der Waals surface area (Å²) in [6, 6.07) is 4.81. The van der Waals surface area contributed by atoms with Gasteiger partial charge in [0.25, 0.3) is 10.0 Å². The van der Waals surface area contributed by atoms with Crippen LogP contribution in [0.3, 0.4) is 0 Å². The molecule has 0 bridgehead atoms. The van der Waals surface area contributed by atoms with Crippen LogP contribution in [0.2, 0.25) is 0 Å². The maximum absolute atomic E-state index is 12.6. The van der Waals surface area contributed by atoms with Gasteiger partial charge < -0.3 is 4.90 Å². The van der Waals surface area contributed by atoms with Crippen LogP contribution in [0, 0.1) is 6.92 Å². The van der Waals surface area contributed by atoms with Crippen LogP contribution in [0.25, 0.3) is 0 Å². The highest BCUT2D eigenvalue weighted by Gasteiger charge is 2.30. The molecule has 128 valence electrons. The molecular weight excluding hydrogens is 330 g/mol. The van der Waals surface area contributed by atoms with Crippen molar-refractivity contribution in [3.63, 3.8) is 0 Å². The van der Waals surface area contributed by atoms with E-state index in [1.807, 2.05) is 6.92 Å². The number of sulfonamides is 1. The molecule has 0 saturated heterocycles. The van der Waals surface area contributed by atoms with E-state index in [4.69, 9.17) is 0 Å². The SMILES string of the molecule is CC(=O)N1c2ccc(S(=O)(=O)Nc3nc(C)nn3C)cc2CC1C. The van der Waals surface area contributed by atoms with Crippen LogP contribution in [0.15, 0.2) is 23.1 Å². The lowest BCUT2D eigenvalue weighted by Gasteiger charge is -2.20. The van der Waals surface area contributed by atoms with Gasteiger partial charge in [0.05, 0.1) is 4.90 Å². The molecule has 1 N–H and O–H groups in total. The Hall–Kier alpha value is -2.42. The van der Waals surface area contributed by atoms with E-state index in [-0.39, 0.29) is 22.8 Å². The second-order valence-electron chi connectivity index (χ2n) is 5.94. The highest BCUT2D eigenvalue weighted by molar-refractivity contribution is 7.92. The number of rotatable bonds is 3.